The van der Waals surface area contributed by atoms with Gasteiger partial charge in [0, 0.05) is 6.04 Å². The minimum Gasteiger partial charge on any atom is -0.506 e. The molecular weight excluding hydrogens is 192 g/mol. The molecule has 2 rings (SSSR count). The summed E-state index contributed by atoms with van der Waals surface area (Å²) >= 11 is 0. The van der Waals surface area contributed by atoms with Gasteiger partial charge in [0.15, 0.2) is 0 Å². The Bertz CT molecular complexity index is 361. The van der Waals surface area contributed by atoms with E-state index >= 15 is 0 Å². The Labute approximate surface area is 88.3 Å². The highest BCUT2D eigenvalue weighted by Crippen LogP contribution is 2.21. The van der Waals surface area contributed by atoms with Crippen molar-refractivity contribution < 1.29 is 9.90 Å². The van der Waals surface area contributed by atoms with Crippen molar-refractivity contribution in [1.82, 2.24) is 5.32 Å². The largest absolute Gasteiger partial charge is 0.506 e. The Morgan fingerprint density at radius 3 is 2.80 bits per heavy atom. The number of phenols is 1. The van der Waals surface area contributed by atoms with Crippen LogP contribution >= 0.6 is 0 Å². The van der Waals surface area contributed by atoms with Crippen molar-refractivity contribution >= 4 is 11.6 Å². The van der Waals surface area contributed by atoms with E-state index in [0.29, 0.717) is 18.3 Å². The Balaban J connectivity index is 1.84. The van der Waals surface area contributed by atoms with Gasteiger partial charge in [-0.25, -0.2) is 0 Å². The van der Waals surface area contributed by atoms with Gasteiger partial charge in [-0.05, 0) is 25.0 Å². The molecule has 0 aliphatic heterocycles. The number of anilines is 1. The number of carbonyl (C=O) groups excluding carboxylic acids is 1. The molecular formula is C11H14N2O2. The molecule has 3 N–H and O–H groups in total. The summed E-state index contributed by atoms with van der Waals surface area (Å²) in [7, 11) is 0. The van der Waals surface area contributed by atoms with E-state index in [1.807, 2.05) is 0 Å². The summed E-state index contributed by atoms with van der Waals surface area (Å²) in [5.74, 6) is -0.0272. The fraction of sp³-hybridized carbons (Fsp3) is 0.364. The maximum absolute atomic E-state index is 11.4. The summed E-state index contributed by atoms with van der Waals surface area (Å²) in [6, 6.07) is 7.21. The maximum Gasteiger partial charge on any atom is 0.238 e. The minimum atomic E-state index is -0.122. The summed E-state index contributed by atoms with van der Waals surface area (Å²) < 4.78 is 0. The summed E-state index contributed by atoms with van der Waals surface area (Å²) in [6.45, 7) is 0.305. The lowest BCUT2D eigenvalue weighted by Gasteiger charge is -2.07. The van der Waals surface area contributed by atoms with Gasteiger partial charge in [-0.1, -0.05) is 12.1 Å². The predicted octanol–water partition coefficient (Wildman–Crippen LogP) is 1.08. The van der Waals surface area contributed by atoms with E-state index in [2.05, 4.69) is 10.6 Å². The van der Waals surface area contributed by atoms with Crippen LogP contribution in [-0.2, 0) is 4.79 Å². The quantitative estimate of drug-likeness (QED) is 0.646. The molecule has 4 nitrogen and oxygen atoms in total. The van der Waals surface area contributed by atoms with Gasteiger partial charge in [0.2, 0.25) is 5.91 Å². The number of carbonyl (C=O) groups is 1. The van der Waals surface area contributed by atoms with Crippen LogP contribution in [0.3, 0.4) is 0 Å². The Kier molecular flexibility index (Phi) is 2.87. The zero-order valence-electron chi connectivity index (χ0n) is 8.36. The van der Waals surface area contributed by atoms with Gasteiger partial charge in [-0.2, -0.15) is 0 Å². The number of aromatic hydroxyl groups is 1. The van der Waals surface area contributed by atoms with Crippen molar-refractivity contribution in [3.8, 4) is 5.75 Å². The SMILES string of the molecule is O=C(CNC1CC1)Nc1ccccc1O. The first-order valence-corrected chi connectivity index (χ1v) is 5.07. The van der Waals surface area contributed by atoms with E-state index in [1.54, 1.807) is 24.3 Å². The molecule has 1 aliphatic carbocycles. The van der Waals surface area contributed by atoms with Crippen molar-refractivity contribution in [1.29, 1.82) is 0 Å². The Morgan fingerprint density at radius 2 is 2.13 bits per heavy atom. The van der Waals surface area contributed by atoms with Gasteiger partial charge in [0.1, 0.15) is 5.75 Å². The van der Waals surface area contributed by atoms with E-state index in [4.69, 9.17) is 0 Å². The second-order valence-corrected chi connectivity index (χ2v) is 3.72. The molecule has 0 unspecified atom stereocenters. The monoisotopic (exact) mass is 206 g/mol. The van der Waals surface area contributed by atoms with Crippen molar-refractivity contribution in [3.63, 3.8) is 0 Å². The molecule has 1 aromatic carbocycles. The lowest BCUT2D eigenvalue weighted by atomic mass is 10.3. The first-order chi connectivity index (χ1) is 7.25. The third kappa shape index (κ3) is 2.95. The van der Waals surface area contributed by atoms with Crippen molar-refractivity contribution in [2.24, 2.45) is 0 Å². The molecule has 0 radical (unpaired) electrons. The molecule has 0 atom stereocenters. The van der Waals surface area contributed by atoms with Crippen LogP contribution in [0.15, 0.2) is 24.3 Å². The summed E-state index contributed by atoms with van der Waals surface area (Å²) in [4.78, 5) is 11.4. The van der Waals surface area contributed by atoms with E-state index in [9.17, 15) is 9.90 Å². The molecule has 0 saturated heterocycles. The highest BCUT2D eigenvalue weighted by molar-refractivity contribution is 5.93. The summed E-state index contributed by atoms with van der Waals surface area (Å²) in [5.41, 5.74) is 0.458. The first-order valence-electron chi connectivity index (χ1n) is 5.07. The molecule has 1 amide bonds. The number of phenolic OH excluding ortho intramolecular Hbond substituents is 1. The number of nitrogens with one attached hydrogen (secondary N) is 2. The minimum absolute atomic E-state index is 0.0947. The summed E-state index contributed by atoms with van der Waals surface area (Å²) in [5, 5.41) is 15.2. The van der Waals surface area contributed by atoms with Gasteiger partial charge in [-0.15, -0.1) is 0 Å². The van der Waals surface area contributed by atoms with Gasteiger partial charge in [0.05, 0.1) is 12.2 Å². The molecule has 1 aliphatic rings. The number of amides is 1. The fourth-order valence-electron chi connectivity index (χ4n) is 1.30. The Hall–Kier alpha value is -1.55. The lowest BCUT2D eigenvalue weighted by molar-refractivity contribution is -0.115. The van der Waals surface area contributed by atoms with Gasteiger partial charge >= 0.3 is 0 Å². The van der Waals surface area contributed by atoms with Crippen LogP contribution in [0.2, 0.25) is 0 Å². The molecule has 0 aromatic heterocycles. The van der Waals surface area contributed by atoms with E-state index in [0.717, 1.165) is 12.8 Å². The molecule has 0 spiro atoms. The number of benzene rings is 1. The molecule has 4 heteroatoms. The van der Waals surface area contributed by atoms with Crippen molar-refractivity contribution in [2.75, 3.05) is 11.9 Å². The normalized spacial score (nSPS) is 14.9. The standard InChI is InChI=1S/C11H14N2O2/c14-10-4-2-1-3-9(10)13-11(15)7-12-8-5-6-8/h1-4,8,12,14H,5-7H2,(H,13,15). The first kappa shape index (κ1) is 9.98. The molecule has 0 bridgehead atoms. The second kappa shape index (κ2) is 4.31. The smallest absolute Gasteiger partial charge is 0.238 e. The van der Waals surface area contributed by atoms with Crippen LogP contribution in [0.25, 0.3) is 0 Å². The van der Waals surface area contributed by atoms with Crippen LogP contribution in [0.1, 0.15) is 12.8 Å². The average Bonchev–Trinajstić information content (AvgIpc) is 3.02. The van der Waals surface area contributed by atoms with Gasteiger partial charge in [0.25, 0.3) is 0 Å². The van der Waals surface area contributed by atoms with E-state index in [1.165, 1.54) is 0 Å². The maximum atomic E-state index is 11.4. The third-order valence-electron chi connectivity index (χ3n) is 2.31. The van der Waals surface area contributed by atoms with E-state index < -0.39 is 0 Å². The van der Waals surface area contributed by atoms with Crippen LogP contribution < -0.4 is 10.6 Å². The average molecular weight is 206 g/mol. The third-order valence-corrected chi connectivity index (χ3v) is 2.31. The zero-order valence-corrected chi connectivity index (χ0v) is 8.36. The second-order valence-electron chi connectivity index (χ2n) is 3.72. The van der Waals surface area contributed by atoms with Crippen molar-refractivity contribution in [3.05, 3.63) is 24.3 Å². The molecule has 1 aromatic rings. The predicted molar refractivity (Wildman–Crippen MR) is 57.8 cm³/mol. The fourth-order valence-corrected chi connectivity index (χ4v) is 1.30. The van der Waals surface area contributed by atoms with Crippen LogP contribution in [0.4, 0.5) is 5.69 Å². The molecule has 15 heavy (non-hydrogen) atoms. The Morgan fingerprint density at radius 1 is 1.40 bits per heavy atom. The van der Waals surface area contributed by atoms with Crippen molar-refractivity contribution in [2.45, 2.75) is 18.9 Å². The molecule has 1 fully saturated rings. The molecule has 0 heterocycles. The molecule has 80 valence electrons. The van der Waals surface area contributed by atoms with Gasteiger partial charge < -0.3 is 15.7 Å². The summed E-state index contributed by atoms with van der Waals surface area (Å²) in [6.07, 6.45) is 2.31. The molecule has 1 saturated carbocycles. The number of para-hydroxylation sites is 2. The van der Waals surface area contributed by atoms with Crippen LogP contribution in [0.5, 0.6) is 5.75 Å². The highest BCUT2D eigenvalue weighted by atomic mass is 16.3. The topological polar surface area (TPSA) is 61.4 Å². The van der Waals surface area contributed by atoms with Crippen LogP contribution in [0, 0.1) is 0 Å². The van der Waals surface area contributed by atoms with Gasteiger partial charge in [-0.3, -0.25) is 4.79 Å². The number of rotatable bonds is 4. The van der Waals surface area contributed by atoms with Crippen LogP contribution in [-0.4, -0.2) is 23.6 Å². The highest BCUT2D eigenvalue weighted by Gasteiger charge is 2.21. The number of hydrogen-bond donors (Lipinski definition) is 3. The zero-order chi connectivity index (χ0) is 10.7. The van der Waals surface area contributed by atoms with E-state index in [-0.39, 0.29) is 11.7 Å². The number of hydrogen-bond acceptors (Lipinski definition) is 3. The lowest BCUT2D eigenvalue weighted by Crippen LogP contribution is -2.29.